The zero-order valence-electron chi connectivity index (χ0n) is 12.0. The highest BCUT2D eigenvalue weighted by Crippen LogP contribution is 2.09. The second kappa shape index (κ2) is 8.91. The Bertz CT molecular complexity index is 502. The standard InChI is InChI=1S/C15H17NO6/c17-14-13(11-12-3-1-2-4-16-12)15(18)22-10-8-20-6-5-19-7-9-21-14/h1-4,11H,5-10H2. The first-order chi connectivity index (χ1) is 10.8. The van der Waals surface area contributed by atoms with Gasteiger partial charge in [-0.15, -0.1) is 0 Å². The van der Waals surface area contributed by atoms with Crippen LogP contribution in [0.1, 0.15) is 5.69 Å². The number of hydrogen-bond acceptors (Lipinski definition) is 7. The average Bonchev–Trinajstić information content (AvgIpc) is 2.55. The summed E-state index contributed by atoms with van der Waals surface area (Å²) in [5.74, 6) is -1.53. The lowest BCUT2D eigenvalue weighted by Crippen LogP contribution is -2.21. The van der Waals surface area contributed by atoms with Gasteiger partial charge >= 0.3 is 11.9 Å². The summed E-state index contributed by atoms with van der Waals surface area (Å²) in [5.41, 5.74) is 0.251. The summed E-state index contributed by atoms with van der Waals surface area (Å²) in [6.07, 6.45) is 2.90. The molecule has 1 aliphatic heterocycles. The Morgan fingerprint density at radius 1 is 0.864 bits per heavy atom. The number of cyclic esters (lactones) is 2. The quantitative estimate of drug-likeness (QED) is 0.427. The van der Waals surface area contributed by atoms with Gasteiger partial charge < -0.3 is 18.9 Å². The number of pyridine rings is 1. The fraction of sp³-hybridized carbons (Fsp3) is 0.400. The summed E-state index contributed by atoms with van der Waals surface area (Å²) in [6.45, 7) is 1.35. The maximum Gasteiger partial charge on any atom is 0.345 e. The minimum Gasteiger partial charge on any atom is -0.459 e. The van der Waals surface area contributed by atoms with Crippen molar-refractivity contribution in [2.24, 2.45) is 0 Å². The summed E-state index contributed by atoms with van der Waals surface area (Å²) in [4.78, 5) is 28.1. The van der Waals surface area contributed by atoms with Gasteiger partial charge in [-0.2, -0.15) is 0 Å². The van der Waals surface area contributed by atoms with E-state index in [2.05, 4.69) is 4.98 Å². The Hall–Kier alpha value is -2.25. The van der Waals surface area contributed by atoms with Crippen molar-refractivity contribution in [1.29, 1.82) is 0 Å². The van der Waals surface area contributed by atoms with Gasteiger partial charge in [0.15, 0.2) is 0 Å². The topological polar surface area (TPSA) is 84.0 Å². The van der Waals surface area contributed by atoms with Gasteiger partial charge in [0.25, 0.3) is 0 Å². The maximum atomic E-state index is 12.0. The van der Waals surface area contributed by atoms with E-state index in [1.54, 1.807) is 24.4 Å². The minimum absolute atomic E-state index is 0.0473. The van der Waals surface area contributed by atoms with Crippen LogP contribution in [0.5, 0.6) is 0 Å². The van der Waals surface area contributed by atoms with Crippen LogP contribution >= 0.6 is 0 Å². The number of rotatable bonds is 1. The van der Waals surface area contributed by atoms with Crippen LogP contribution in [0, 0.1) is 0 Å². The molecule has 7 nitrogen and oxygen atoms in total. The van der Waals surface area contributed by atoms with Crippen LogP contribution in [-0.4, -0.2) is 56.6 Å². The first-order valence-corrected chi connectivity index (χ1v) is 6.90. The predicted octanol–water partition coefficient (Wildman–Crippen LogP) is 0.598. The van der Waals surface area contributed by atoms with Gasteiger partial charge in [-0.3, -0.25) is 4.98 Å². The van der Waals surface area contributed by atoms with E-state index < -0.39 is 11.9 Å². The molecule has 2 heterocycles. The van der Waals surface area contributed by atoms with Gasteiger partial charge in [0.1, 0.15) is 18.8 Å². The van der Waals surface area contributed by atoms with Crippen LogP contribution in [-0.2, 0) is 28.5 Å². The molecule has 1 fully saturated rings. The molecule has 0 saturated carbocycles. The lowest BCUT2D eigenvalue weighted by Gasteiger charge is -2.08. The molecule has 0 N–H and O–H groups in total. The number of esters is 2. The zero-order valence-corrected chi connectivity index (χ0v) is 12.0. The van der Waals surface area contributed by atoms with Crippen molar-refractivity contribution in [2.45, 2.75) is 0 Å². The summed E-state index contributed by atoms with van der Waals surface area (Å²) in [6, 6.07) is 5.15. The van der Waals surface area contributed by atoms with Crippen LogP contribution in [0.4, 0.5) is 0 Å². The van der Waals surface area contributed by atoms with Gasteiger partial charge in [-0.25, -0.2) is 9.59 Å². The molecule has 0 spiro atoms. The molecule has 1 aromatic rings. The summed E-state index contributed by atoms with van der Waals surface area (Å²) >= 11 is 0. The SMILES string of the molecule is O=C1OCCOCCOCCOC(=O)C1=Cc1ccccn1. The monoisotopic (exact) mass is 307 g/mol. The summed E-state index contributed by atoms with van der Waals surface area (Å²) in [7, 11) is 0. The number of carbonyl (C=O) groups excluding carboxylic acids is 2. The number of ether oxygens (including phenoxy) is 4. The molecular weight excluding hydrogens is 290 g/mol. The zero-order chi connectivity index (χ0) is 15.6. The van der Waals surface area contributed by atoms with Crippen molar-refractivity contribution in [1.82, 2.24) is 4.98 Å². The third-order valence-corrected chi connectivity index (χ3v) is 2.71. The van der Waals surface area contributed by atoms with E-state index in [0.717, 1.165) is 0 Å². The van der Waals surface area contributed by atoms with E-state index in [4.69, 9.17) is 18.9 Å². The fourth-order valence-corrected chi connectivity index (χ4v) is 1.67. The van der Waals surface area contributed by atoms with E-state index in [1.165, 1.54) is 6.08 Å². The molecule has 0 radical (unpaired) electrons. The van der Waals surface area contributed by atoms with Gasteiger partial charge in [0.05, 0.1) is 32.1 Å². The van der Waals surface area contributed by atoms with E-state index in [1.807, 2.05) is 0 Å². The van der Waals surface area contributed by atoms with Gasteiger partial charge in [-0.05, 0) is 18.2 Å². The van der Waals surface area contributed by atoms with Crippen LogP contribution in [0.3, 0.4) is 0 Å². The molecule has 0 aromatic carbocycles. The maximum absolute atomic E-state index is 12.0. The third kappa shape index (κ3) is 5.27. The van der Waals surface area contributed by atoms with Crippen molar-refractivity contribution < 1.29 is 28.5 Å². The molecule has 1 aromatic heterocycles. The molecule has 0 unspecified atom stereocenters. The average molecular weight is 307 g/mol. The lowest BCUT2D eigenvalue weighted by atomic mass is 10.2. The van der Waals surface area contributed by atoms with Crippen molar-refractivity contribution in [3.05, 3.63) is 35.7 Å². The van der Waals surface area contributed by atoms with Gasteiger partial charge in [-0.1, -0.05) is 6.07 Å². The first-order valence-electron chi connectivity index (χ1n) is 6.90. The highest BCUT2D eigenvalue weighted by molar-refractivity contribution is 6.17. The highest BCUT2D eigenvalue weighted by atomic mass is 16.6. The number of nitrogens with zero attached hydrogens (tertiary/aromatic N) is 1. The normalized spacial score (nSPS) is 18.3. The van der Waals surface area contributed by atoms with Crippen molar-refractivity contribution in [3.63, 3.8) is 0 Å². The van der Waals surface area contributed by atoms with E-state index >= 15 is 0 Å². The third-order valence-electron chi connectivity index (χ3n) is 2.71. The second-order valence-corrected chi connectivity index (χ2v) is 4.31. The van der Waals surface area contributed by atoms with E-state index in [-0.39, 0.29) is 32.0 Å². The Kier molecular flexibility index (Phi) is 6.53. The van der Waals surface area contributed by atoms with Crippen LogP contribution < -0.4 is 0 Å². The van der Waals surface area contributed by atoms with Gasteiger partial charge in [0.2, 0.25) is 0 Å². The van der Waals surface area contributed by atoms with Crippen LogP contribution in [0.2, 0.25) is 0 Å². The second-order valence-electron chi connectivity index (χ2n) is 4.31. The molecule has 22 heavy (non-hydrogen) atoms. The molecule has 1 aliphatic rings. The van der Waals surface area contributed by atoms with Crippen molar-refractivity contribution in [2.75, 3.05) is 39.6 Å². The fourth-order valence-electron chi connectivity index (χ4n) is 1.67. The van der Waals surface area contributed by atoms with E-state index in [9.17, 15) is 9.59 Å². The van der Waals surface area contributed by atoms with E-state index in [0.29, 0.717) is 18.9 Å². The molecular formula is C15H17NO6. The summed E-state index contributed by atoms with van der Waals surface area (Å²) in [5, 5.41) is 0. The molecule has 1 saturated heterocycles. The van der Waals surface area contributed by atoms with Crippen molar-refractivity contribution in [3.8, 4) is 0 Å². The molecule has 7 heteroatoms. The Labute approximate surface area is 127 Å². The highest BCUT2D eigenvalue weighted by Gasteiger charge is 2.22. The lowest BCUT2D eigenvalue weighted by molar-refractivity contribution is -0.147. The number of carbonyl (C=O) groups is 2. The smallest absolute Gasteiger partial charge is 0.345 e. The van der Waals surface area contributed by atoms with Crippen LogP contribution in [0.15, 0.2) is 30.0 Å². The number of aromatic nitrogens is 1. The summed E-state index contributed by atoms with van der Waals surface area (Å²) < 4.78 is 20.5. The molecule has 0 atom stereocenters. The Morgan fingerprint density at radius 2 is 1.45 bits per heavy atom. The van der Waals surface area contributed by atoms with Crippen LogP contribution in [0.25, 0.3) is 6.08 Å². The first kappa shape index (κ1) is 16.1. The molecule has 0 amide bonds. The largest absolute Gasteiger partial charge is 0.459 e. The van der Waals surface area contributed by atoms with Crippen molar-refractivity contribution >= 4 is 18.0 Å². The Morgan fingerprint density at radius 3 is 2.00 bits per heavy atom. The molecule has 0 aliphatic carbocycles. The Balaban J connectivity index is 2.14. The van der Waals surface area contributed by atoms with Gasteiger partial charge in [0, 0.05) is 6.20 Å². The number of hydrogen-bond donors (Lipinski definition) is 0. The minimum atomic E-state index is -0.764. The predicted molar refractivity (Wildman–Crippen MR) is 75.8 cm³/mol. The molecule has 118 valence electrons. The molecule has 2 rings (SSSR count). The molecule has 0 bridgehead atoms.